The van der Waals surface area contributed by atoms with E-state index in [4.69, 9.17) is 13.3 Å². The molecule has 0 unspecified atom stereocenters. The summed E-state index contributed by atoms with van der Waals surface area (Å²) < 4.78 is 19.5. The molecule has 10 aromatic rings. The molecular weight excluding hydrogens is 805 g/mol. The van der Waals surface area contributed by atoms with Crippen LogP contribution in [0.2, 0.25) is 0 Å². The van der Waals surface area contributed by atoms with Crippen molar-refractivity contribution in [3.05, 3.63) is 197 Å². The molecule has 66 heavy (non-hydrogen) atoms. The number of hydrogen-bond acceptors (Lipinski definition) is 3. The molecule has 0 N–H and O–H groups in total. The SMILES string of the molecule is C=C/C(=C\CCC)c1ccc2oc3ccc(/C(=C/c4c(C)oc5cc6oc7cc(C)c(-c8ccc(C9CCC9)c(-c9cc(-c%10ccccc%10)ccc9C)c8)cc7c6cc45)C(=C)C)cc3c2c1. The molecule has 3 heteroatoms. The van der Waals surface area contributed by atoms with Crippen LogP contribution in [0.4, 0.5) is 0 Å². The van der Waals surface area contributed by atoms with Crippen LogP contribution in [-0.2, 0) is 0 Å². The molecule has 0 spiro atoms. The normalized spacial score (nSPS) is 13.7. The van der Waals surface area contributed by atoms with Gasteiger partial charge >= 0.3 is 0 Å². The summed E-state index contributed by atoms with van der Waals surface area (Å²) in [6.07, 6.45) is 12.3. The third kappa shape index (κ3) is 7.15. The van der Waals surface area contributed by atoms with Gasteiger partial charge in [0.15, 0.2) is 0 Å². The maximum Gasteiger partial charge on any atom is 0.139 e. The van der Waals surface area contributed by atoms with E-state index < -0.39 is 0 Å². The van der Waals surface area contributed by atoms with Crippen LogP contribution in [0.1, 0.15) is 91.0 Å². The molecule has 7 aromatic carbocycles. The van der Waals surface area contributed by atoms with Gasteiger partial charge in [-0.1, -0.05) is 117 Å². The molecule has 0 bridgehead atoms. The van der Waals surface area contributed by atoms with Gasteiger partial charge in [-0.3, -0.25) is 0 Å². The molecule has 11 rings (SSSR count). The highest BCUT2D eigenvalue weighted by Gasteiger charge is 2.25. The van der Waals surface area contributed by atoms with E-state index in [9.17, 15) is 0 Å². The standard InChI is InChI=1S/C63H54O3/c1-8-10-15-41(9-2)44-23-26-59-54(30-44)55-32-46(24-27-60(55)65-59)49(37(3)4)33-52-40(7)64-62-36-63-58(35-56(52)62)57-34-50(39(6)28-61(57)66-63)47-22-25-48(43-18-14-19-43)53(31-47)51-29-45(21-20-38(51)5)42-16-12-11-13-17-42/h9,11-13,15-17,20-36,43H,2-3,8,10,14,18-19H2,1,4-7H3/b41-15+,49-33+. The molecule has 0 aliphatic heterocycles. The van der Waals surface area contributed by atoms with Crippen molar-refractivity contribution in [1.82, 2.24) is 0 Å². The Morgan fingerprint density at radius 3 is 1.98 bits per heavy atom. The molecule has 1 aliphatic carbocycles. The van der Waals surface area contributed by atoms with Gasteiger partial charge < -0.3 is 13.3 Å². The van der Waals surface area contributed by atoms with Crippen LogP contribution in [0.25, 0.3) is 105 Å². The molecule has 1 aliphatic rings. The Labute approximate surface area is 387 Å². The Balaban J connectivity index is 1.02. The highest BCUT2D eigenvalue weighted by Crippen LogP contribution is 2.46. The summed E-state index contributed by atoms with van der Waals surface area (Å²) >= 11 is 0. The highest BCUT2D eigenvalue weighted by atomic mass is 16.3. The minimum absolute atomic E-state index is 0.593. The van der Waals surface area contributed by atoms with Gasteiger partial charge in [-0.2, -0.15) is 0 Å². The quantitative estimate of drug-likeness (QED) is 0.122. The molecule has 0 saturated heterocycles. The van der Waals surface area contributed by atoms with E-state index >= 15 is 0 Å². The van der Waals surface area contributed by atoms with E-state index in [-0.39, 0.29) is 0 Å². The molecule has 324 valence electrons. The summed E-state index contributed by atoms with van der Waals surface area (Å²) in [6.45, 7) is 19.3. The van der Waals surface area contributed by atoms with Crippen molar-refractivity contribution in [2.45, 2.75) is 72.6 Å². The van der Waals surface area contributed by atoms with E-state index in [0.717, 1.165) is 107 Å². The maximum atomic E-state index is 6.62. The van der Waals surface area contributed by atoms with Crippen molar-refractivity contribution in [3.63, 3.8) is 0 Å². The molecule has 0 amide bonds. The molecule has 1 fully saturated rings. The van der Waals surface area contributed by atoms with Crippen molar-refractivity contribution in [2.75, 3.05) is 0 Å². The first kappa shape index (κ1) is 41.4. The number of allylic oxidation sites excluding steroid dienone is 5. The second-order valence-corrected chi connectivity index (χ2v) is 18.5. The number of aryl methyl sites for hydroxylation is 3. The lowest BCUT2D eigenvalue weighted by atomic mass is 9.76. The number of benzene rings is 7. The molecular formula is C63H54O3. The number of fused-ring (bicyclic) bond motifs is 7. The summed E-state index contributed by atoms with van der Waals surface area (Å²) in [6, 6.07) is 46.6. The van der Waals surface area contributed by atoms with E-state index in [1.54, 1.807) is 0 Å². The van der Waals surface area contributed by atoms with Crippen molar-refractivity contribution in [3.8, 4) is 33.4 Å². The lowest BCUT2D eigenvalue weighted by Gasteiger charge is -2.29. The average Bonchev–Trinajstić information content (AvgIpc) is 3.95. The Bertz CT molecular complexity index is 3650. The van der Waals surface area contributed by atoms with Crippen LogP contribution in [0.3, 0.4) is 0 Å². The van der Waals surface area contributed by atoms with Crippen molar-refractivity contribution >= 4 is 72.1 Å². The summed E-state index contributed by atoms with van der Waals surface area (Å²) in [7, 11) is 0. The van der Waals surface area contributed by atoms with Gasteiger partial charge in [-0.15, -0.1) is 0 Å². The molecule has 3 heterocycles. The van der Waals surface area contributed by atoms with E-state index in [1.165, 1.54) is 69.3 Å². The molecule has 0 radical (unpaired) electrons. The predicted molar refractivity (Wildman–Crippen MR) is 280 cm³/mol. The smallest absolute Gasteiger partial charge is 0.139 e. The predicted octanol–water partition coefficient (Wildman–Crippen LogP) is 18.9. The third-order valence-electron chi connectivity index (χ3n) is 14.1. The molecule has 3 nitrogen and oxygen atoms in total. The van der Waals surface area contributed by atoms with Crippen LogP contribution in [0.5, 0.6) is 0 Å². The Kier molecular flexibility index (Phi) is 10.4. The first-order chi connectivity index (χ1) is 32.1. The monoisotopic (exact) mass is 858 g/mol. The second kappa shape index (κ2) is 16.6. The van der Waals surface area contributed by atoms with E-state index in [1.807, 2.05) is 13.0 Å². The van der Waals surface area contributed by atoms with Crippen LogP contribution >= 0.6 is 0 Å². The van der Waals surface area contributed by atoms with Crippen molar-refractivity contribution < 1.29 is 13.3 Å². The number of unbranched alkanes of at least 4 members (excludes halogenated alkanes) is 1. The fourth-order valence-electron chi connectivity index (χ4n) is 10.2. The summed E-state index contributed by atoms with van der Waals surface area (Å²) in [5.74, 6) is 1.44. The fourth-order valence-corrected chi connectivity index (χ4v) is 10.2. The van der Waals surface area contributed by atoms with Crippen molar-refractivity contribution in [1.29, 1.82) is 0 Å². The van der Waals surface area contributed by atoms with Crippen LogP contribution in [0, 0.1) is 20.8 Å². The lowest BCUT2D eigenvalue weighted by molar-refractivity contribution is 0.420. The first-order valence-electron chi connectivity index (χ1n) is 23.5. The topological polar surface area (TPSA) is 39.4 Å². The lowest BCUT2D eigenvalue weighted by Crippen LogP contribution is -2.10. The van der Waals surface area contributed by atoms with E-state index in [2.05, 4.69) is 180 Å². The minimum atomic E-state index is 0.593. The summed E-state index contributed by atoms with van der Waals surface area (Å²) in [4.78, 5) is 0. The number of rotatable bonds is 11. The van der Waals surface area contributed by atoms with Gasteiger partial charge in [0, 0.05) is 38.6 Å². The first-order valence-corrected chi connectivity index (χ1v) is 23.5. The largest absolute Gasteiger partial charge is 0.461 e. The zero-order valence-electron chi connectivity index (χ0n) is 38.6. The number of furan rings is 3. The van der Waals surface area contributed by atoms with Crippen LogP contribution < -0.4 is 0 Å². The zero-order chi connectivity index (χ0) is 45.2. The number of hydrogen-bond donors (Lipinski definition) is 0. The zero-order valence-corrected chi connectivity index (χ0v) is 38.6. The van der Waals surface area contributed by atoms with Gasteiger partial charge in [0.05, 0.1) is 0 Å². The Hall–Kier alpha value is -7.36. The summed E-state index contributed by atoms with van der Waals surface area (Å²) in [5, 5.41) is 5.36. The van der Waals surface area contributed by atoms with Gasteiger partial charge in [-0.05, 0) is 186 Å². The Morgan fingerprint density at radius 2 is 1.26 bits per heavy atom. The second-order valence-electron chi connectivity index (χ2n) is 18.5. The van der Waals surface area contributed by atoms with Gasteiger partial charge in [0.25, 0.3) is 0 Å². The third-order valence-corrected chi connectivity index (χ3v) is 14.1. The van der Waals surface area contributed by atoms with Gasteiger partial charge in [0.2, 0.25) is 0 Å². The maximum absolute atomic E-state index is 6.62. The molecule has 1 saturated carbocycles. The molecule has 0 atom stereocenters. The molecule has 3 aromatic heterocycles. The van der Waals surface area contributed by atoms with Crippen molar-refractivity contribution in [2.24, 2.45) is 0 Å². The fraction of sp³-hybridized carbons (Fsp3) is 0.175. The van der Waals surface area contributed by atoms with Crippen LogP contribution in [-0.4, -0.2) is 0 Å². The highest BCUT2D eigenvalue weighted by molar-refractivity contribution is 6.13. The van der Waals surface area contributed by atoms with E-state index in [0.29, 0.717) is 5.92 Å². The average molecular weight is 859 g/mol. The van der Waals surface area contributed by atoms with Gasteiger partial charge in [-0.25, -0.2) is 0 Å². The Morgan fingerprint density at radius 1 is 0.591 bits per heavy atom. The van der Waals surface area contributed by atoms with Crippen LogP contribution in [0.15, 0.2) is 172 Å². The summed E-state index contributed by atoms with van der Waals surface area (Å²) in [5.41, 5.74) is 22.1. The van der Waals surface area contributed by atoms with Gasteiger partial charge in [0.1, 0.15) is 33.7 Å². The minimum Gasteiger partial charge on any atom is -0.461 e.